The lowest BCUT2D eigenvalue weighted by atomic mass is 9.89. The van der Waals surface area contributed by atoms with Gasteiger partial charge in [0.25, 0.3) is 0 Å². The highest BCUT2D eigenvalue weighted by Crippen LogP contribution is 2.54. The van der Waals surface area contributed by atoms with E-state index in [9.17, 15) is 19.7 Å². The van der Waals surface area contributed by atoms with Gasteiger partial charge in [0.1, 0.15) is 29.7 Å². The van der Waals surface area contributed by atoms with Crippen LogP contribution < -0.4 is 5.73 Å². The fourth-order valence-corrected chi connectivity index (χ4v) is 3.95. The summed E-state index contributed by atoms with van der Waals surface area (Å²) < 4.78 is 23.3. The molecule has 5 atom stereocenters. The highest BCUT2D eigenvalue weighted by molar-refractivity contribution is 8.44. The fraction of sp³-hybridized carbons (Fsp3) is 0.615. The van der Waals surface area contributed by atoms with Crippen LogP contribution in [0.15, 0.2) is 12.7 Å². The summed E-state index contributed by atoms with van der Waals surface area (Å²) in [5.74, 6) is -0.0144. The Kier molecular flexibility index (Phi) is 4.27. The van der Waals surface area contributed by atoms with E-state index in [-0.39, 0.29) is 11.7 Å². The molecule has 5 N–H and O–H groups in total. The number of anilines is 1. The number of nitrogens with zero attached hydrogens (tertiary/aromatic N) is 4. The van der Waals surface area contributed by atoms with Gasteiger partial charge >= 0.3 is 6.80 Å². The van der Waals surface area contributed by atoms with Crippen LogP contribution in [-0.4, -0.2) is 59.0 Å². The quantitative estimate of drug-likeness (QED) is 0.335. The Bertz CT molecular complexity index is 887. The number of aliphatic hydroxyl groups is 2. The first kappa shape index (κ1) is 18.1. The summed E-state index contributed by atoms with van der Waals surface area (Å²) in [5.41, 5.74) is 4.85. The Morgan fingerprint density at radius 1 is 1.46 bits per heavy atom. The molecule has 2 fully saturated rings. The summed E-state index contributed by atoms with van der Waals surface area (Å²) in [6.45, 7) is -4.46. The molecule has 4 rings (SSSR count). The van der Waals surface area contributed by atoms with E-state index in [0.29, 0.717) is 11.2 Å². The maximum Gasteiger partial charge on any atom is 0.383 e. The summed E-state index contributed by atoms with van der Waals surface area (Å²) in [6, 6.07) is 0. The van der Waals surface area contributed by atoms with Crippen LogP contribution in [0.4, 0.5) is 5.82 Å². The lowest BCUT2D eigenvalue weighted by Gasteiger charge is -2.31. The number of fused-ring (bicyclic) bond motifs is 1. The van der Waals surface area contributed by atoms with Crippen molar-refractivity contribution in [3.05, 3.63) is 12.7 Å². The van der Waals surface area contributed by atoms with Crippen LogP contribution >= 0.6 is 19.0 Å². The van der Waals surface area contributed by atoms with Crippen molar-refractivity contribution < 1.29 is 28.9 Å². The molecule has 11 nitrogen and oxygen atoms in total. The Balaban J connectivity index is 1.71. The molecule has 1 aliphatic carbocycles. The SMILES string of the molecule is Nc1ncnc2c1ncn2[C@@H]1O[C@H](COP(=O)(O)S)[C@@H](O)[C@]1(O)C1CC1. The van der Waals surface area contributed by atoms with Crippen molar-refractivity contribution in [1.29, 1.82) is 0 Å². The molecule has 2 aromatic rings. The first-order chi connectivity index (χ1) is 12.2. The lowest BCUT2D eigenvalue weighted by molar-refractivity contribution is -0.121. The van der Waals surface area contributed by atoms with Crippen molar-refractivity contribution in [1.82, 2.24) is 19.5 Å². The predicted molar refractivity (Wildman–Crippen MR) is 92.1 cm³/mol. The third-order valence-electron chi connectivity index (χ3n) is 4.80. The zero-order valence-corrected chi connectivity index (χ0v) is 15.2. The van der Waals surface area contributed by atoms with Crippen LogP contribution in [0.2, 0.25) is 0 Å². The molecule has 1 saturated heterocycles. The van der Waals surface area contributed by atoms with Crippen molar-refractivity contribution in [2.75, 3.05) is 12.3 Å². The first-order valence-electron chi connectivity index (χ1n) is 7.91. The zero-order valence-electron chi connectivity index (χ0n) is 13.4. The monoisotopic (exact) mass is 403 g/mol. The number of ether oxygens (including phenoxy) is 1. The van der Waals surface area contributed by atoms with Gasteiger partial charge in [0, 0.05) is 0 Å². The Morgan fingerprint density at radius 3 is 2.85 bits per heavy atom. The second-order valence-corrected chi connectivity index (χ2v) is 9.26. The molecule has 26 heavy (non-hydrogen) atoms. The van der Waals surface area contributed by atoms with Gasteiger partial charge in [0.05, 0.1) is 12.9 Å². The van der Waals surface area contributed by atoms with Crippen LogP contribution in [0.5, 0.6) is 0 Å². The Morgan fingerprint density at radius 2 is 2.19 bits per heavy atom. The van der Waals surface area contributed by atoms with Gasteiger partial charge < -0.3 is 25.6 Å². The van der Waals surface area contributed by atoms with Gasteiger partial charge in [0.15, 0.2) is 17.7 Å². The number of imidazole rings is 1. The molecular formula is C13H18N5O6PS. The molecular weight excluding hydrogens is 385 g/mol. The molecule has 0 aromatic carbocycles. The van der Waals surface area contributed by atoms with Crippen LogP contribution in [0, 0.1) is 5.92 Å². The second kappa shape index (κ2) is 6.13. The summed E-state index contributed by atoms with van der Waals surface area (Å²) in [7, 11) is 0. The molecule has 2 aromatic heterocycles. The van der Waals surface area contributed by atoms with Crippen molar-refractivity contribution in [3.8, 4) is 0 Å². The molecule has 0 amide bonds. The largest absolute Gasteiger partial charge is 0.387 e. The van der Waals surface area contributed by atoms with E-state index in [1.54, 1.807) is 0 Å². The van der Waals surface area contributed by atoms with Crippen molar-refractivity contribution in [3.63, 3.8) is 0 Å². The van der Waals surface area contributed by atoms with Gasteiger partial charge in [-0.2, -0.15) is 0 Å². The Labute approximate surface area is 152 Å². The minimum atomic E-state index is -4.05. The predicted octanol–water partition coefficient (Wildman–Crippen LogP) is -0.145. The molecule has 0 spiro atoms. The number of rotatable bonds is 5. The van der Waals surface area contributed by atoms with E-state index in [0.717, 1.165) is 12.8 Å². The zero-order chi connectivity index (χ0) is 18.7. The maximum atomic E-state index is 11.3. The van der Waals surface area contributed by atoms with Crippen molar-refractivity contribution in [2.24, 2.45) is 5.92 Å². The van der Waals surface area contributed by atoms with E-state index >= 15 is 0 Å². The number of aromatic nitrogens is 4. The number of aliphatic hydroxyl groups excluding tert-OH is 1. The third kappa shape index (κ3) is 2.91. The first-order valence-corrected chi connectivity index (χ1v) is 10.6. The molecule has 142 valence electrons. The van der Waals surface area contributed by atoms with E-state index in [1.165, 1.54) is 17.2 Å². The highest BCUT2D eigenvalue weighted by Gasteiger charge is 2.63. The van der Waals surface area contributed by atoms with E-state index in [4.69, 9.17) is 15.0 Å². The van der Waals surface area contributed by atoms with Gasteiger partial charge in [-0.3, -0.25) is 9.09 Å². The Hall–Kier alpha value is -1.27. The van der Waals surface area contributed by atoms with Gasteiger partial charge in [-0.05, 0) is 18.8 Å². The third-order valence-corrected chi connectivity index (χ3v) is 5.64. The van der Waals surface area contributed by atoms with Crippen LogP contribution in [0.25, 0.3) is 11.2 Å². The molecule has 0 bridgehead atoms. The average Bonchev–Trinajstić information content (AvgIpc) is 3.29. The highest BCUT2D eigenvalue weighted by atomic mass is 32.7. The average molecular weight is 403 g/mol. The second-order valence-electron chi connectivity index (χ2n) is 6.50. The fourth-order valence-electron chi connectivity index (χ4n) is 3.41. The normalized spacial score (nSPS) is 34.2. The van der Waals surface area contributed by atoms with Gasteiger partial charge in [-0.25, -0.2) is 19.5 Å². The number of thiol groups is 1. The summed E-state index contributed by atoms with van der Waals surface area (Å²) in [6.07, 6.45) is 0.716. The number of hydrogen-bond donors (Lipinski definition) is 5. The summed E-state index contributed by atoms with van der Waals surface area (Å²) in [5, 5.41) is 21.9. The molecule has 0 radical (unpaired) electrons. The molecule has 13 heteroatoms. The molecule has 1 unspecified atom stereocenters. The van der Waals surface area contributed by atoms with Crippen LogP contribution in [0.1, 0.15) is 19.1 Å². The smallest absolute Gasteiger partial charge is 0.383 e. The van der Waals surface area contributed by atoms with Gasteiger partial charge in [0.2, 0.25) is 0 Å². The lowest BCUT2D eigenvalue weighted by Crippen LogP contribution is -2.49. The maximum absolute atomic E-state index is 11.3. The number of nitrogens with two attached hydrogens (primary N) is 1. The summed E-state index contributed by atoms with van der Waals surface area (Å²) in [4.78, 5) is 21.3. The van der Waals surface area contributed by atoms with E-state index in [2.05, 4.69) is 27.2 Å². The minimum absolute atomic E-state index is 0.179. The topological polar surface area (TPSA) is 166 Å². The minimum Gasteiger partial charge on any atom is -0.387 e. The number of hydrogen-bond acceptors (Lipinski definition) is 9. The molecule has 3 heterocycles. The molecule has 1 aliphatic heterocycles. The van der Waals surface area contributed by atoms with Gasteiger partial charge in [-0.1, -0.05) is 12.2 Å². The number of nitrogen functional groups attached to an aromatic ring is 1. The van der Waals surface area contributed by atoms with Crippen LogP contribution in [-0.2, 0) is 13.8 Å². The van der Waals surface area contributed by atoms with Crippen molar-refractivity contribution in [2.45, 2.75) is 36.9 Å². The standard InChI is InChI=1S/C13H18N5O6PS/c14-10-8-11(16-4-15-10)18(5-17-8)12-13(20,6-1-2-6)9(19)7(24-12)3-23-25(21,22)26/h4-7,9,12,19-20H,1-3H2,(H2,14,15,16)(H2,21,22,26)/t7-,9-,12-,13-/m1/s1. The van der Waals surface area contributed by atoms with Gasteiger partial charge in [-0.15, -0.1) is 0 Å². The van der Waals surface area contributed by atoms with Crippen molar-refractivity contribution >= 4 is 36.0 Å². The molecule has 2 aliphatic rings. The van der Waals surface area contributed by atoms with E-state index in [1.807, 2.05) is 0 Å². The van der Waals surface area contributed by atoms with E-state index < -0.39 is 37.4 Å². The summed E-state index contributed by atoms with van der Waals surface area (Å²) >= 11 is 3.44. The molecule has 1 saturated carbocycles. The van der Waals surface area contributed by atoms with Crippen LogP contribution in [0.3, 0.4) is 0 Å².